The Balaban J connectivity index is 2.18. The molecule has 1 unspecified atom stereocenters. The molecular weight excluding hydrogens is 214 g/mol. The van der Waals surface area contributed by atoms with Gasteiger partial charge in [0.25, 0.3) is 0 Å². The Hall–Kier alpha value is -1.22. The van der Waals surface area contributed by atoms with E-state index in [9.17, 15) is 0 Å². The average molecular weight is 235 g/mol. The molecule has 1 aromatic carbocycles. The van der Waals surface area contributed by atoms with E-state index in [0.29, 0.717) is 12.6 Å². The zero-order valence-corrected chi connectivity index (χ0v) is 10.7. The topological polar surface area (TPSA) is 30.5 Å². The van der Waals surface area contributed by atoms with Crippen LogP contribution in [-0.4, -0.2) is 26.3 Å². The lowest BCUT2D eigenvalue weighted by Gasteiger charge is -2.16. The number of rotatable bonds is 5. The predicted octanol–water partition coefficient (Wildman–Crippen LogP) is 2.39. The molecule has 1 saturated heterocycles. The van der Waals surface area contributed by atoms with Crippen LogP contribution in [0, 0.1) is 0 Å². The highest BCUT2D eigenvalue weighted by Crippen LogP contribution is 2.32. The van der Waals surface area contributed by atoms with Gasteiger partial charge in [-0.05, 0) is 44.4 Å². The lowest BCUT2D eigenvalue weighted by Crippen LogP contribution is -2.23. The molecule has 0 saturated carbocycles. The van der Waals surface area contributed by atoms with Gasteiger partial charge < -0.3 is 14.8 Å². The highest BCUT2D eigenvalue weighted by Gasteiger charge is 2.18. The molecule has 1 aromatic rings. The molecule has 3 heteroatoms. The molecule has 0 aliphatic carbocycles. The van der Waals surface area contributed by atoms with Crippen molar-refractivity contribution in [2.75, 3.05) is 20.3 Å². The average Bonchev–Trinajstić information content (AvgIpc) is 2.84. The van der Waals surface area contributed by atoms with Crippen molar-refractivity contribution in [1.82, 2.24) is 5.32 Å². The minimum absolute atomic E-state index is 0.585. The van der Waals surface area contributed by atoms with Gasteiger partial charge in [-0.1, -0.05) is 12.1 Å². The van der Waals surface area contributed by atoms with Gasteiger partial charge in [0.05, 0.1) is 13.7 Å². The Morgan fingerprint density at radius 2 is 2.29 bits per heavy atom. The Morgan fingerprint density at radius 3 is 2.94 bits per heavy atom. The number of benzene rings is 1. The van der Waals surface area contributed by atoms with Gasteiger partial charge in [0.1, 0.15) is 0 Å². The summed E-state index contributed by atoms with van der Waals surface area (Å²) in [6.45, 7) is 3.81. The maximum Gasteiger partial charge on any atom is 0.164 e. The van der Waals surface area contributed by atoms with Crippen molar-refractivity contribution in [3.05, 3.63) is 23.8 Å². The summed E-state index contributed by atoms with van der Waals surface area (Å²) < 4.78 is 11.1. The molecule has 1 heterocycles. The standard InChI is InChI=1S/C14H21NO2/c1-3-17-14-11(6-4-8-13(14)16-2)10-12-7-5-9-15-12/h4,6,8,12,15H,3,5,7,9-10H2,1-2H3. The number of ether oxygens (including phenoxy) is 2. The molecule has 2 rings (SSSR count). The molecule has 94 valence electrons. The highest BCUT2D eigenvalue weighted by atomic mass is 16.5. The summed E-state index contributed by atoms with van der Waals surface area (Å²) in [6.07, 6.45) is 3.55. The summed E-state index contributed by atoms with van der Waals surface area (Å²) in [5.41, 5.74) is 1.24. The summed E-state index contributed by atoms with van der Waals surface area (Å²) in [5, 5.41) is 3.52. The van der Waals surface area contributed by atoms with E-state index >= 15 is 0 Å². The molecule has 1 fully saturated rings. The number of nitrogens with one attached hydrogen (secondary N) is 1. The van der Waals surface area contributed by atoms with Crippen molar-refractivity contribution in [1.29, 1.82) is 0 Å². The Labute approximate surface area is 103 Å². The van der Waals surface area contributed by atoms with Crippen molar-refractivity contribution in [3.8, 4) is 11.5 Å². The van der Waals surface area contributed by atoms with Crippen LogP contribution in [0.25, 0.3) is 0 Å². The largest absolute Gasteiger partial charge is 0.493 e. The quantitative estimate of drug-likeness (QED) is 0.850. The second-order valence-electron chi connectivity index (χ2n) is 4.38. The molecule has 1 N–H and O–H groups in total. The van der Waals surface area contributed by atoms with Crippen LogP contribution in [0.3, 0.4) is 0 Å². The van der Waals surface area contributed by atoms with Crippen LogP contribution in [-0.2, 0) is 6.42 Å². The second-order valence-corrected chi connectivity index (χ2v) is 4.38. The van der Waals surface area contributed by atoms with E-state index in [4.69, 9.17) is 9.47 Å². The molecule has 1 aliphatic heterocycles. The van der Waals surface area contributed by atoms with E-state index in [0.717, 1.165) is 24.5 Å². The molecule has 0 radical (unpaired) electrons. The molecule has 0 bridgehead atoms. The third-order valence-corrected chi connectivity index (χ3v) is 3.20. The predicted molar refractivity (Wildman–Crippen MR) is 68.9 cm³/mol. The van der Waals surface area contributed by atoms with Crippen LogP contribution in [0.15, 0.2) is 18.2 Å². The van der Waals surface area contributed by atoms with Crippen LogP contribution in [0.4, 0.5) is 0 Å². The van der Waals surface area contributed by atoms with Crippen molar-refractivity contribution in [2.45, 2.75) is 32.2 Å². The number of hydrogen-bond acceptors (Lipinski definition) is 3. The number of methoxy groups -OCH3 is 1. The van der Waals surface area contributed by atoms with Gasteiger partial charge >= 0.3 is 0 Å². The van der Waals surface area contributed by atoms with Crippen LogP contribution < -0.4 is 14.8 Å². The Bertz CT molecular complexity index is 359. The third-order valence-electron chi connectivity index (χ3n) is 3.20. The minimum atomic E-state index is 0.585. The Morgan fingerprint density at radius 1 is 1.41 bits per heavy atom. The van der Waals surface area contributed by atoms with E-state index in [1.54, 1.807) is 7.11 Å². The summed E-state index contributed by atoms with van der Waals surface area (Å²) in [4.78, 5) is 0. The molecule has 0 aromatic heterocycles. The summed E-state index contributed by atoms with van der Waals surface area (Å²) in [6, 6.07) is 6.71. The first-order chi connectivity index (χ1) is 8.35. The van der Waals surface area contributed by atoms with E-state index in [-0.39, 0.29) is 0 Å². The second kappa shape index (κ2) is 5.92. The third kappa shape index (κ3) is 2.91. The molecular formula is C14H21NO2. The van der Waals surface area contributed by atoms with Gasteiger partial charge in [0.15, 0.2) is 11.5 Å². The van der Waals surface area contributed by atoms with Gasteiger partial charge in [-0.15, -0.1) is 0 Å². The van der Waals surface area contributed by atoms with Crippen molar-refractivity contribution < 1.29 is 9.47 Å². The van der Waals surface area contributed by atoms with E-state index in [1.807, 2.05) is 19.1 Å². The summed E-state index contributed by atoms with van der Waals surface area (Å²) in [5.74, 6) is 1.74. The Kier molecular flexibility index (Phi) is 4.26. The number of para-hydroxylation sites is 1. The van der Waals surface area contributed by atoms with E-state index in [1.165, 1.54) is 18.4 Å². The van der Waals surface area contributed by atoms with Crippen LogP contribution in [0.1, 0.15) is 25.3 Å². The monoisotopic (exact) mass is 235 g/mol. The van der Waals surface area contributed by atoms with Crippen LogP contribution in [0.2, 0.25) is 0 Å². The molecule has 3 nitrogen and oxygen atoms in total. The van der Waals surface area contributed by atoms with E-state index in [2.05, 4.69) is 11.4 Å². The normalized spacial score (nSPS) is 19.3. The van der Waals surface area contributed by atoms with Gasteiger partial charge in [-0.3, -0.25) is 0 Å². The van der Waals surface area contributed by atoms with Gasteiger partial charge in [-0.2, -0.15) is 0 Å². The summed E-state index contributed by atoms with van der Waals surface area (Å²) >= 11 is 0. The zero-order chi connectivity index (χ0) is 12.1. The fourth-order valence-corrected chi connectivity index (χ4v) is 2.39. The lowest BCUT2D eigenvalue weighted by atomic mass is 10.0. The molecule has 17 heavy (non-hydrogen) atoms. The maximum atomic E-state index is 5.72. The maximum absolute atomic E-state index is 5.72. The minimum Gasteiger partial charge on any atom is -0.493 e. The van der Waals surface area contributed by atoms with Crippen LogP contribution in [0.5, 0.6) is 11.5 Å². The first kappa shape index (κ1) is 12.2. The van der Waals surface area contributed by atoms with Gasteiger partial charge in [0, 0.05) is 6.04 Å². The first-order valence-corrected chi connectivity index (χ1v) is 6.37. The summed E-state index contributed by atoms with van der Waals surface area (Å²) in [7, 11) is 1.69. The fraction of sp³-hybridized carbons (Fsp3) is 0.571. The molecule has 0 spiro atoms. The van der Waals surface area contributed by atoms with Crippen molar-refractivity contribution in [2.24, 2.45) is 0 Å². The SMILES string of the molecule is CCOc1c(CC2CCCN2)cccc1OC. The zero-order valence-electron chi connectivity index (χ0n) is 10.7. The molecule has 1 aliphatic rings. The smallest absolute Gasteiger partial charge is 0.164 e. The van der Waals surface area contributed by atoms with Gasteiger partial charge in [0.2, 0.25) is 0 Å². The first-order valence-electron chi connectivity index (χ1n) is 6.37. The molecule has 1 atom stereocenters. The fourth-order valence-electron chi connectivity index (χ4n) is 2.39. The highest BCUT2D eigenvalue weighted by molar-refractivity contribution is 5.47. The van der Waals surface area contributed by atoms with E-state index < -0.39 is 0 Å². The van der Waals surface area contributed by atoms with Gasteiger partial charge in [-0.25, -0.2) is 0 Å². The van der Waals surface area contributed by atoms with Crippen LogP contribution >= 0.6 is 0 Å². The van der Waals surface area contributed by atoms with Crippen molar-refractivity contribution >= 4 is 0 Å². The number of hydrogen-bond donors (Lipinski definition) is 1. The lowest BCUT2D eigenvalue weighted by molar-refractivity contribution is 0.306. The van der Waals surface area contributed by atoms with Crippen molar-refractivity contribution in [3.63, 3.8) is 0 Å². The molecule has 0 amide bonds.